The molecule has 0 aliphatic heterocycles. The smallest absolute Gasteiger partial charge is 0.250 e. The highest BCUT2D eigenvalue weighted by molar-refractivity contribution is 7.09. The number of rotatable bonds is 5. The Labute approximate surface area is 161 Å². The molecule has 0 N–H and O–H groups in total. The molecule has 0 bridgehead atoms. The van der Waals surface area contributed by atoms with Crippen LogP contribution < -0.4 is 4.74 Å². The van der Waals surface area contributed by atoms with Crippen LogP contribution in [0.5, 0.6) is 5.75 Å². The van der Waals surface area contributed by atoms with Gasteiger partial charge in [0.15, 0.2) is 0 Å². The molecule has 0 saturated carbocycles. The Morgan fingerprint density at radius 1 is 0.963 bits per heavy atom. The molecule has 0 aliphatic carbocycles. The molecule has 2 heterocycles. The fourth-order valence-corrected chi connectivity index (χ4v) is 3.29. The Bertz CT molecular complexity index is 1080. The number of thiazole rings is 1. The maximum Gasteiger partial charge on any atom is 0.250 e. The number of aromatic nitrogens is 3. The number of hydrogen-bond donors (Lipinski definition) is 0. The van der Waals surface area contributed by atoms with E-state index in [1.165, 1.54) is 0 Å². The maximum atomic E-state index is 5.34. The van der Waals surface area contributed by atoms with Crippen LogP contribution in [0.2, 0.25) is 0 Å². The second-order valence-electron chi connectivity index (χ2n) is 5.86. The summed E-state index contributed by atoms with van der Waals surface area (Å²) in [5, 5.41) is 7.18. The van der Waals surface area contributed by atoms with Crippen molar-refractivity contribution in [2.75, 3.05) is 7.11 Å². The van der Waals surface area contributed by atoms with Crippen LogP contribution in [-0.2, 0) is 0 Å². The average molecular weight is 375 g/mol. The first-order valence-electron chi connectivity index (χ1n) is 8.41. The lowest BCUT2D eigenvalue weighted by Crippen LogP contribution is -1.85. The van der Waals surface area contributed by atoms with Crippen LogP contribution in [0.3, 0.4) is 0 Å². The molecule has 0 saturated heterocycles. The SMILES string of the molecule is COc1ccccc1C=Cc1nc(-c2ccc(-c3csc(C)n3)cc2)no1. The molecule has 0 radical (unpaired) electrons. The van der Waals surface area contributed by atoms with Gasteiger partial charge in [-0.2, -0.15) is 4.98 Å². The second-order valence-corrected chi connectivity index (χ2v) is 6.92. The predicted octanol–water partition coefficient (Wildman–Crippen LogP) is 5.35. The quantitative estimate of drug-likeness (QED) is 0.471. The standard InChI is InChI=1S/C21H17N3O2S/c1-14-22-18(13-27-14)15-7-9-17(10-8-15)21-23-20(26-24-21)12-11-16-5-3-4-6-19(16)25-2/h3-13H,1-2H3. The van der Waals surface area contributed by atoms with Crippen LogP contribution >= 0.6 is 11.3 Å². The molecule has 0 unspecified atom stereocenters. The minimum absolute atomic E-state index is 0.440. The highest BCUT2D eigenvalue weighted by Crippen LogP contribution is 2.25. The Balaban J connectivity index is 1.53. The van der Waals surface area contributed by atoms with Gasteiger partial charge < -0.3 is 9.26 Å². The normalized spacial score (nSPS) is 11.2. The summed E-state index contributed by atoms with van der Waals surface area (Å²) >= 11 is 1.64. The number of benzene rings is 2. The fourth-order valence-electron chi connectivity index (χ4n) is 2.67. The average Bonchev–Trinajstić information content (AvgIpc) is 3.36. The van der Waals surface area contributed by atoms with Gasteiger partial charge in [-0.1, -0.05) is 47.6 Å². The van der Waals surface area contributed by atoms with Crippen LogP contribution in [0, 0.1) is 6.92 Å². The minimum atomic E-state index is 0.440. The van der Waals surface area contributed by atoms with Gasteiger partial charge in [0.2, 0.25) is 5.82 Å². The van der Waals surface area contributed by atoms with Crippen molar-refractivity contribution in [3.05, 3.63) is 70.4 Å². The van der Waals surface area contributed by atoms with Gasteiger partial charge >= 0.3 is 0 Å². The second kappa shape index (κ2) is 7.55. The summed E-state index contributed by atoms with van der Waals surface area (Å²) in [6.07, 6.45) is 3.67. The zero-order valence-corrected chi connectivity index (χ0v) is 15.7. The Morgan fingerprint density at radius 2 is 1.74 bits per heavy atom. The van der Waals surface area contributed by atoms with Crippen molar-refractivity contribution in [2.45, 2.75) is 6.92 Å². The Kier molecular flexibility index (Phi) is 4.80. The summed E-state index contributed by atoms with van der Waals surface area (Å²) in [5.74, 6) is 1.78. The van der Waals surface area contributed by atoms with Crippen LogP contribution in [0.15, 0.2) is 58.4 Å². The van der Waals surface area contributed by atoms with Crippen molar-refractivity contribution in [1.29, 1.82) is 0 Å². The lowest BCUT2D eigenvalue weighted by molar-refractivity contribution is 0.411. The minimum Gasteiger partial charge on any atom is -0.496 e. The molecule has 0 amide bonds. The summed E-state index contributed by atoms with van der Waals surface area (Å²) in [6.45, 7) is 2.00. The van der Waals surface area contributed by atoms with E-state index in [-0.39, 0.29) is 0 Å². The largest absolute Gasteiger partial charge is 0.496 e. The van der Waals surface area contributed by atoms with E-state index in [4.69, 9.17) is 9.26 Å². The zero-order valence-electron chi connectivity index (χ0n) is 14.9. The van der Waals surface area contributed by atoms with Gasteiger partial charge in [0.05, 0.1) is 17.8 Å². The van der Waals surface area contributed by atoms with E-state index in [2.05, 4.69) is 20.5 Å². The summed E-state index contributed by atoms with van der Waals surface area (Å²) in [5.41, 5.74) is 3.90. The van der Waals surface area contributed by atoms with Crippen molar-refractivity contribution in [1.82, 2.24) is 15.1 Å². The number of nitrogens with zero attached hydrogens (tertiary/aromatic N) is 3. The molecule has 0 spiro atoms. The summed E-state index contributed by atoms with van der Waals surface area (Å²) in [6, 6.07) is 15.7. The molecule has 4 aromatic rings. The lowest BCUT2D eigenvalue weighted by Gasteiger charge is -2.02. The first-order chi connectivity index (χ1) is 13.2. The Hall–Kier alpha value is -3.25. The summed E-state index contributed by atoms with van der Waals surface area (Å²) < 4.78 is 10.7. The highest BCUT2D eigenvalue weighted by atomic mass is 32.1. The van der Waals surface area contributed by atoms with Gasteiger partial charge in [-0.3, -0.25) is 0 Å². The number of hydrogen-bond acceptors (Lipinski definition) is 6. The van der Waals surface area contributed by atoms with Crippen LogP contribution in [-0.4, -0.2) is 22.2 Å². The highest BCUT2D eigenvalue weighted by Gasteiger charge is 2.08. The van der Waals surface area contributed by atoms with E-state index in [0.29, 0.717) is 11.7 Å². The van der Waals surface area contributed by atoms with Crippen molar-refractivity contribution in [3.63, 3.8) is 0 Å². The first-order valence-corrected chi connectivity index (χ1v) is 9.28. The molecule has 6 heteroatoms. The lowest BCUT2D eigenvalue weighted by atomic mass is 10.1. The van der Waals surface area contributed by atoms with Crippen molar-refractivity contribution >= 4 is 23.5 Å². The van der Waals surface area contributed by atoms with E-state index in [0.717, 1.165) is 33.1 Å². The molecule has 5 nitrogen and oxygen atoms in total. The van der Waals surface area contributed by atoms with Crippen LogP contribution in [0.4, 0.5) is 0 Å². The van der Waals surface area contributed by atoms with Gasteiger partial charge in [-0.15, -0.1) is 11.3 Å². The molecule has 0 fully saturated rings. The molecule has 2 aromatic carbocycles. The number of ether oxygens (including phenoxy) is 1. The first kappa shape index (κ1) is 17.2. The predicted molar refractivity (Wildman–Crippen MR) is 108 cm³/mol. The fraction of sp³-hybridized carbons (Fsp3) is 0.0952. The molecule has 0 aliphatic rings. The van der Waals surface area contributed by atoms with Gasteiger partial charge in [0.25, 0.3) is 5.89 Å². The molecule has 0 atom stereocenters. The molecule has 27 heavy (non-hydrogen) atoms. The summed E-state index contributed by atoms with van der Waals surface area (Å²) in [7, 11) is 1.65. The third kappa shape index (κ3) is 3.80. The van der Waals surface area contributed by atoms with Crippen molar-refractivity contribution in [3.8, 4) is 28.4 Å². The molecule has 4 rings (SSSR count). The third-order valence-electron chi connectivity index (χ3n) is 4.04. The monoisotopic (exact) mass is 375 g/mol. The molecule has 2 aromatic heterocycles. The van der Waals surface area contributed by atoms with Gasteiger partial charge in [0, 0.05) is 28.1 Å². The number of aryl methyl sites for hydroxylation is 1. The van der Waals surface area contributed by atoms with E-state index in [1.54, 1.807) is 24.5 Å². The van der Waals surface area contributed by atoms with Crippen molar-refractivity contribution < 1.29 is 9.26 Å². The molecule has 134 valence electrons. The molecular formula is C21H17N3O2S. The van der Waals surface area contributed by atoms with E-state index >= 15 is 0 Å². The maximum absolute atomic E-state index is 5.34. The van der Waals surface area contributed by atoms with E-state index in [1.807, 2.05) is 61.5 Å². The molecular weight excluding hydrogens is 358 g/mol. The number of methoxy groups -OCH3 is 1. The summed E-state index contributed by atoms with van der Waals surface area (Å²) in [4.78, 5) is 8.94. The van der Waals surface area contributed by atoms with Gasteiger partial charge in [-0.05, 0) is 19.1 Å². The topological polar surface area (TPSA) is 61.0 Å². The van der Waals surface area contributed by atoms with Gasteiger partial charge in [-0.25, -0.2) is 4.98 Å². The van der Waals surface area contributed by atoms with E-state index < -0.39 is 0 Å². The van der Waals surface area contributed by atoms with Gasteiger partial charge in [0.1, 0.15) is 5.75 Å². The number of para-hydroxylation sites is 1. The van der Waals surface area contributed by atoms with Crippen LogP contribution in [0.25, 0.3) is 34.8 Å². The Morgan fingerprint density at radius 3 is 2.48 bits per heavy atom. The van der Waals surface area contributed by atoms with E-state index in [9.17, 15) is 0 Å². The van der Waals surface area contributed by atoms with Crippen molar-refractivity contribution in [2.24, 2.45) is 0 Å². The van der Waals surface area contributed by atoms with Crippen LogP contribution in [0.1, 0.15) is 16.5 Å². The third-order valence-corrected chi connectivity index (χ3v) is 4.82. The zero-order chi connectivity index (χ0) is 18.6.